The van der Waals surface area contributed by atoms with Gasteiger partial charge < -0.3 is 9.63 Å². The highest BCUT2D eigenvalue weighted by molar-refractivity contribution is 6.30. The molecule has 0 aliphatic carbocycles. The number of aliphatic hydroxyl groups is 1. The van der Waals surface area contributed by atoms with Crippen molar-refractivity contribution in [2.75, 3.05) is 0 Å². The van der Waals surface area contributed by atoms with Crippen LogP contribution in [-0.4, -0.2) is 24.4 Å². The summed E-state index contributed by atoms with van der Waals surface area (Å²) in [5.41, 5.74) is -0.0284. The van der Waals surface area contributed by atoms with Crippen molar-refractivity contribution in [1.29, 1.82) is 5.26 Å². The van der Waals surface area contributed by atoms with E-state index in [0.29, 0.717) is 29.2 Å². The summed E-state index contributed by atoms with van der Waals surface area (Å²) in [6.07, 6.45) is 1.40. The SMILES string of the molecule is N#Cc1c2n(c(=O)n(Cc3nc(C[C@H](O)c4ccc(Cl)cc4)no3)c1=O)CCCC2. The van der Waals surface area contributed by atoms with E-state index in [1.807, 2.05) is 6.07 Å². The molecule has 1 N–H and O–H groups in total. The van der Waals surface area contributed by atoms with E-state index in [1.54, 1.807) is 24.3 Å². The number of hydrogen-bond acceptors (Lipinski definition) is 7. The molecule has 1 aliphatic rings. The smallest absolute Gasteiger partial charge is 0.331 e. The first kappa shape index (κ1) is 20.1. The number of hydrogen-bond donors (Lipinski definition) is 1. The summed E-state index contributed by atoms with van der Waals surface area (Å²) in [6, 6.07) is 8.67. The molecule has 0 radical (unpaired) electrons. The fraction of sp³-hybridized carbons (Fsp3) is 0.350. The summed E-state index contributed by atoms with van der Waals surface area (Å²) in [6.45, 7) is 0.224. The minimum atomic E-state index is -0.866. The molecule has 3 heterocycles. The molecule has 0 saturated carbocycles. The van der Waals surface area contributed by atoms with Crippen LogP contribution in [0.1, 0.15) is 47.5 Å². The number of nitrogens with zero attached hydrogens (tertiary/aromatic N) is 5. The standard InChI is InChI=1S/C20H18ClN5O4/c21-13-6-4-12(5-7-13)16(27)9-17-23-18(30-24-17)11-26-19(28)14(10-22)15-3-1-2-8-25(15)20(26)29/h4-7,16,27H,1-3,8-9,11H2/t16-/m0/s1. The zero-order valence-corrected chi connectivity index (χ0v) is 16.7. The van der Waals surface area contributed by atoms with Crippen molar-refractivity contribution in [2.45, 2.75) is 44.9 Å². The molecule has 0 fully saturated rings. The summed E-state index contributed by atoms with van der Waals surface area (Å²) < 4.78 is 7.59. The van der Waals surface area contributed by atoms with E-state index in [0.717, 1.165) is 17.4 Å². The molecule has 0 bridgehead atoms. The van der Waals surface area contributed by atoms with Gasteiger partial charge in [0.25, 0.3) is 5.56 Å². The summed E-state index contributed by atoms with van der Waals surface area (Å²) >= 11 is 5.85. The second kappa shape index (κ2) is 8.26. The lowest BCUT2D eigenvalue weighted by Gasteiger charge is -2.20. The Morgan fingerprint density at radius 2 is 2.03 bits per heavy atom. The topological polar surface area (TPSA) is 127 Å². The number of aromatic nitrogens is 4. The highest BCUT2D eigenvalue weighted by Gasteiger charge is 2.22. The van der Waals surface area contributed by atoms with Gasteiger partial charge in [0.1, 0.15) is 18.2 Å². The Bertz CT molecular complexity index is 1240. The molecule has 4 rings (SSSR count). The van der Waals surface area contributed by atoms with Gasteiger partial charge in [-0.05, 0) is 37.0 Å². The number of fused-ring (bicyclic) bond motifs is 1. The van der Waals surface area contributed by atoms with Crippen LogP contribution in [0.3, 0.4) is 0 Å². The summed E-state index contributed by atoms with van der Waals surface area (Å²) in [7, 11) is 0. The molecule has 30 heavy (non-hydrogen) atoms. The largest absolute Gasteiger partial charge is 0.388 e. The van der Waals surface area contributed by atoms with E-state index < -0.39 is 17.4 Å². The molecule has 0 unspecified atom stereocenters. The summed E-state index contributed by atoms with van der Waals surface area (Å²) in [5, 5.41) is 24.1. The van der Waals surface area contributed by atoms with Crippen LogP contribution in [-0.2, 0) is 25.9 Å². The second-order valence-electron chi connectivity index (χ2n) is 7.09. The van der Waals surface area contributed by atoms with Gasteiger partial charge in [0.15, 0.2) is 5.82 Å². The number of benzene rings is 1. The van der Waals surface area contributed by atoms with Gasteiger partial charge in [-0.2, -0.15) is 10.2 Å². The van der Waals surface area contributed by atoms with Crippen LogP contribution < -0.4 is 11.2 Å². The van der Waals surface area contributed by atoms with Crippen molar-refractivity contribution in [2.24, 2.45) is 0 Å². The van der Waals surface area contributed by atoms with E-state index in [9.17, 15) is 20.0 Å². The van der Waals surface area contributed by atoms with Crippen molar-refractivity contribution in [1.82, 2.24) is 19.3 Å². The second-order valence-corrected chi connectivity index (χ2v) is 7.53. The van der Waals surface area contributed by atoms with Crippen LogP contribution in [0.2, 0.25) is 5.02 Å². The third kappa shape index (κ3) is 3.79. The lowest BCUT2D eigenvalue weighted by atomic mass is 10.1. The van der Waals surface area contributed by atoms with E-state index in [4.69, 9.17) is 16.1 Å². The molecule has 2 aromatic heterocycles. The number of aliphatic hydroxyl groups excluding tert-OH is 1. The first-order chi connectivity index (χ1) is 14.5. The maximum absolute atomic E-state index is 12.8. The zero-order chi connectivity index (χ0) is 21.3. The van der Waals surface area contributed by atoms with E-state index in [2.05, 4.69) is 10.1 Å². The third-order valence-electron chi connectivity index (χ3n) is 5.13. The van der Waals surface area contributed by atoms with Crippen molar-refractivity contribution >= 4 is 11.6 Å². The van der Waals surface area contributed by atoms with Crippen LogP contribution in [0.25, 0.3) is 0 Å². The molecule has 9 nitrogen and oxygen atoms in total. The Morgan fingerprint density at radius 3 is 2.77 bits per heavy atom. The molecular formula is C20H18ClN5O4. The molecule has 3 aromatic rings. The highest BCUT2D eigenvalue weighted by Crippen LogP contribution is 2.19. The molecule has 1 aliphatic heterocycles. The lowest BCUT2D eigenvalue weighted by Crippen LogP contribution is -2.44. The maximum atomic E-state index is 12.8. The maximum Gasteiger partial charge on any atom is 0.331 e. The molecule has 1 atom stereocenters. The number of halogens is 1. The van der Waals surface area contributed by atoms with Gasteiger partial charge in [0.2, 0.25) is 5.89 Å². The lowest BCUT2D eigenvalue weighted by molar-refractivity contribution is 0.174. The van der Waals surface area contributed by atoms with Crippen molar-refractivity contribution < 1.29 is 9.63 Å². The minimum Gasteiger partial charge on any atom is -0.388 e. The van der Waals surface area contributed by atoms with Gasteiger partial charge in [-0.25, -0.2) is 9.36 Å². The molecular weight excluding hydrogens is 410 g/mol. The van der Waals surface area contributed by atoms with Gasteiger partial charge >= 0.3 is 5.69 Å². The molecule has 1 aromatic carbocycles. The van der Waals surface area contributed by atoms with Crippen molar-refractivity contribution in [3.8, 4) is 6.07 Å². The van der Waals surface area contributed by atoms with Gasteiger partial charge in [-0.1, -0.05) is 28.9 Å². The van der Waals surface area contributed by atoms with Gasteiger partial charge in [0.05, 0.1) is 6.10 Å². The van der Waals surface area contributed by atoms with Crippen molar-refractivity contribution in [3.05, 3.63) is 78.7 Å². The van der Waals surface area contributed by atoms with Crippen LogP contribution >= 0.6 is 11.6 Å². The van der Waals surface area contributed by atoms with Crippen LogP contribution in [0, 0.1) is 11.3 Å². The van der Waals surface area contributed by atoms with E-state index in [-0.39, 0.29) is 30.2 Å². The van der Waals surface area contributed by atoms with Crippen LogP contribution in [0.4, 0.5) is 0 Å². The molecule has 0 saturated heterocycles. The van der Waals surface area contributed by atoms with E-state index >= 15 is 0 Å². The first-order valence-electron chi connectivity index (χ1n) is 9.49. The minimum absolute atomic E-state index is 0.0211. The number of nitriles is 1. The average Bonchev–Trinajstić information content (AvgIpc) is 3.19. The predicted molar refractivity (Wildman–Crippen MR) is 106 cm³/mol. The fourth-order valence-corrected chi connectivity index (χ4v) is 3.72. The molecule has 10 heteroatoms. The monoisotopic (exact) mass is 427 g/mol. The van der Waals surface area contributed by atoms with Crippen LogP contribution in [0.15, 0.2) is 38.4 Å². The van der Waals surface area contributed by atoms with Crippen molar-refractivity contribution in [3.63, 3.8) is 0 Å². The van der Waals surface area contributed by atoms with Gasteiger partial charge in [0, 0.05) is 23.7 Å². The highest BCUT2D eigenvalue weighted by atomic mass is 35.5. The van der Waals surface area contributed by atoms with E-state index in [1.165, 1.54) is 4.57 Å². The normalized spacial score (nSPS) is 14.2. The van der Waals surface area contributed by atoms with Gasteiger partial charge in [-0.3, -0.25) is 9.36 Å². The predicted octanol–water partition coefficient (Wildman–Crippen LogP) is 1.58. The molecule has 0 amide bonds. The quantitative estimate of drug-likeness (QED) is 0.654. The van der Waals surface area contributed by atoms with Gasteiger partial charge in [-0.15, -0.1) is 0 Å². The number of rotatable bonds is 5. The first-order valence-corrected chi connectivity index (χ1v) is 9.87. The Kier molecular flexibility index (Phi) is 5.53. The fourth-order valence-electron chi connectivity index (χ4n) is 3.59. The molecule has 0 spiro atoms. The Labute approximate surface area is 175 Å². The zero-order valence-electron chi connectivity index (χ0n) is 15.9. The summed E-state index contributed by atoms with van der Waals surface area (Å²) in [4.78, 5) is 29.6. The Hall–Kier alpha value is -3.22. The van der Waals surface area contributed by atoms with Crippen LogP contribution in [0.5, 0.6) is 0 Å². The Morgan fingerprint density at radius 1 is 1.27 bits per heavy atom. The average molecular weight is 428 g/mol. The summed E-state index contributed by atoms with van der Waals surface area (Å²) in [5.74, 6) is 0.284. The Balaban J connectivity index is 1.58. The molecule has 154 valence electrons. The third-order valence-corrected chi connectivity index (χ3v) is 5.38.